The first-order chi connectivity index (χ1) is 14.3. The first-order valence-electron chi connectivity index (χ1n) is 11.0. The lowest BCUT2D eigenvalue weighted by Gasteiger charge is -2.33. The van der Waals surface area contributed by atoms with Crippen LogP contribution in [0.2, 0.25) is 0 Å². The second-order valence-electron chi connectivity index (χ2n) is 9.24. The molecule has 0 unspecified atom stereocenters. The van der Waals surface area contributed by atoms with E-state index >= 15 is 0 Å². The Balaban J connectivity index is 1.39. The van der Waals surface area contributed by atoms with Crippen molar-refractivity contribution < 1.29 is 19.2 Å². The SMILES string of the molecule is CC(C)(C)OC(=O)N1CCCN(CC2CCN(OC(=O)c3ccccc3)CC2)CC1. The minimum Gasteiger partial charge on any atom is -0.444 e. The van der Waals surface area contributed by atoms with E-state index < -0.39 is 5.60 Å². The van der Waals surface area contributed by atoms with Gasteiger partial charge in [0.1, 0.15) is 5.60 Å². The van der Waals surface area contributed by atoms with E-state index in [1.54, 1.807) is 17.2 Å². The highest BCUT2D eigenvalue weighted by atomic mass is 16.7. The highest BCUT2D eigenvalue weighted by Gasteiger charge is 2.27. The zero-order chi connectivity index (χ0) is 21.6. The average Bonchev–Trinajstić information content (AvgIpc) is 2.94. The predicted octanol–water partition coefficient (Wildman–Crippen LogP) is 3.41. The van der Waals surface area contributed by atoms with Gasteiger partial charge < -0.3 is 19.4 Å². The Morgan fingerprint density at radius 1 is 0.967 bits per heavy atom. The molecule has 2 saturated heterocycles. The van der Waals surface area contributed by atoms with E-state index in [-0.39, 0.29) is 12.1 Å². The van der Waals surface area contributed by atoms with Gasteiger partial charge in [-0.1, -0.05) is 18.2 Å². The minimum atomic E-state index is -0.457. The molecule has 2 fully saturated rings. The molecule has 2 aliphatic rings. The molecule has 1 amide bonds. The van der Waals surface area contributed by atoms with E-state index in [1.165, 1.54) is 0 Å². The van der Waals surface area contributed by atoms with E-state index in [1.807, 2.05) is 43.9 Å². The van der Waals surface area contributed by atoms with Crippen LogP contribution in [0.15, 0.2) is 30.3 Å². The van der Waals surface area contributed by atoms with Crippen LogP contribution in [0, 0.1) is 5.92 Å². The van der Waals surface area contributed by atoms with E-state index in [0.717, 1.165) is 58.5 Å². The summed E-state index contributed by atoms with van der Waals surface area (Å²) >= 11 is 0. The maximum atomic E-state index is 12.3. The smallest absolute Gasteiger partial charge is 0.410 e. The largest absolute Gasteiger partial charge is 0.444 e. The van der Waals surface area contributed by atoms with Crippen molar-refractivity contribution >= 4 is 12.1 Å². The van der Waals surface area contributed by atoms with Crippen LogP contribution in [0.25, 0.3) is 0 Å². The van der Waals surface area contributed by atoms with Crippen molar-refractivity contribution in [3.05, 3.63) is 35.9 Å². The Bertz CT molecular complexity index is 696. The number of hydrogen-bond donors (Lipinski definition) is 0. The Morgan fingerprint density at radius 3 is 2.33 bits per heavy atom. The van der Waals surface area contributed by atoms with Crippen LogP contribution in [0.4, 0.5) is 4.79 Å². The van der Waals surface area contributed by atoms with Crippen LogP contribution in [0.5, 0.6) is 0 Å². The Labute approximate surface area is 179 Å². The standard InChI is InChI=1S/C23H35N3O4/c1-23(2,3)29-22(28)25-13-7-12-24(16-17-25)18-19-10-14-26(15-11-19)30-21(27)20-8-5-4-6-9-20/h4-6,8-9,19H,7,10-18H2,1-3H3. The number of carbonyl (C=O) groups is 2. The monoisotopic (exact) mass is 417 g/mol. The zero-order valence-corrected chi connectivity index (χ0v) is 18.5. The number of ether oxygens (including phenoxy) is 1. The van der Waals surface area contributed by atoms with Crippen LogP contribution >= 0.6 is 0 Å². The van der Waals surface area contributed by atoms with E-state index in [0.29, 0.717) is 18.0 Å². The van der Waals surface area contributed by atoms with Gasteiger partial charge in [0, 0.05) is 39.3 Å². The van der Waals surface area contributed by atoms with Crippen molar-refractivity contribution in [3.8, 4) is 0 Å². The Morgan fingerprint density at radius 2 is 1.67 bits per heavy atom. The summed E-state index contributed by atoms with van der Waals surface area (Å²) in [6.45, 7) is 11.6. The van der Waals surface area contributed by atoms with Crippen LogP contribution < -0.4 is 0 Å². The molecule has 166 valence electrons. The molecule has 2 aliphatic heterocycles. The molecule has 1 aromatic rings. The summed E-state index contributed by atoms with van der Waals surface area (Å²) < 4.78 is 5.51. The topological polar surface area (TPSA) is 62.3 Å². The van der Waals surface area contributed by atoms with Crippen molar-refractivity contribution in [2.75, 3.05) is 45.8 Å². The normalized spacial score (nSPS) is 19.9. The zero-order valence-electron chi connectivity index (χ0n) is 18.5. The van der Waals surface area contributed by atoms with E-state index in [4.69, 9.17) is 9.57 Å². The van der Waals surface area contributed by atoms with Crippen molar-refractivity contribution in [1.29, 1.82) is 0 Å². The third-order valence-corrected chi connectivity index (χ3v) is 5.55. The number of nitrogens with zero attached hydrogens (tertiary/aromatic N) is 3. The summed E-state index contributed by atoms with van der Waals surface area (Å²) in [6.07, 6.45) is 2.77. The summed E-state index contributed by atoms with van der Waals surface area (Å²) in [5, 5.41) is 1.79. The first-order valence-corrected chi connectivity index (χ1v) is 11.0. The number of amides is 1. The molecule has 7 nitrogen and oxygen atoms in total. The third kappa shape index (κ3) is 6.99. The Kier molecular flexibility index (Phi) is 7.72. The first kappa shape index (κ1) is 22.6. The summed E-state index contributed by atoms with van der Waals surface area (Å²) in [7, 11) is 0. The second kappa shape index (κ2) is 10.3. The molecular formula is C23H35N3O4. The van der Waals surface area contributed by atoms with Gasteiger partial charge in [-0.2, -0.15) is 0 Å². The predicted molar refractivity (Wildman–Crippen MR) is 115 cm³/mol. The number of hydrogen-bond acceptors (Lipinski definition) is 6. The molecule has 2 heterocycles. The fraction of sp³-hybridized carbons (Fsp3) is 0.652. The Hall–Kier alpha value is -2.12. The molecule has 1 aromatic carbocycles. The van der Waals surface area contributed by atoms with Crippen molar-refractivity contribution in [2.45, 2.75) is 45.6 Å². The van der Waals surface area contributed by atoms with E-state index in [2.05, 4.69) is 4.90 Å². The van der Waals surface area contributed by atoms with Crippen LogP contribution in [-0.2, 0) is 9.57 Å². The molecule has 3 rings (SSSR count). The van der Waals surface area contributed by atoms with Crippen molar-refractivity contribution in [1.82, 2.24) is 14.9 Å². The molecular weight excluding hydrogens is 382 g/mol. The van der Waals surface area contributed by atoms with Gasteiger partial charge in [0.15, 0.2) is 0 Å². The highest BCUT2D eigenvalue weighted by molar-refractivity contribution is 5.89. The molecule has 30 heavy (non-hydrogen) atoms. The molecule has 0 spiro atoms. The quantitative estimate of drug-likeness (QED) is 0.748. The maximum absolute atomic E-state index is 12.3. The number of rotatable bonds is 4. The van der Waals surface area contributed by atoms with Crippen LogP contribution in [0.1, 0.15) is 50.4 Å². The molecule has 0 radical (unpaired) electrons. The van der Waals surface area contributed by atoms with Crippen LogP contribution in [-0.4, -0.2) is 78.3 Å². The molecule has 0 aromatic heterocycles. The summed E-state index contributed by atoms with van der Waals surface area (Å²) in [5.74, 6) is 0.300. The lowest BCUT2D eigenvalue weighted by molar-refractivity contribution is -0.127. The van der Waals surface area contributed by atoms with Gasteiger partial charge in [0.25, 0.3) is 0 Å². The molecule has 0 N–H and O–H groups in total. The third-order valence-electron chi connectivity index (χ3n) is 5.55. The number of benzene rings is 1. The summed E-state index contributed by atoms with van der Waals surface area (Å²) in [6, 6.07) is 9.11. The molecule has 0 bridgehead atoms. The molecule has 0 aliphatic carbocycles. The summed E-state index contributed by atoms with van der Waals surface area (Å²) in [5.41, 5.74) is 0.125. The molecule has 0 atom stereocenters. The van der Waals surface area contributed by atoms with Crippen molar-refractivity contribution in [3.63, 3.8) is 0 Å². The van der Waals surface area contributed by atoms with Gasteiger partial charge in [0.05, 0.1) is 5.56 Å². The van der Waals surface area contributed by atoms with Crippen LogP contribution in [0.3, 0.4) is 0 Å². The highest BCUT2D eigenvalue weighted by Crippen LogP contribution is 2.20. The minimum absolute atomic E-state index is 0.210. The summed E-state index contributed by atoms with van der Waals surface area (Å²) in [4.78, 5) is 34.4. The van der Waals surface area contributed by atoms with Gasteiger partial charge >= 0.3 is 12.1 Å². The number of hydroxylamine groups is 2. The maximum Gasteiger partial charge on any atom is 0.410 e. The fourth-order valence-electron chi connectivity index (χ4n) is 3.96. The van der Waals surface area contributed by atoms with Gasteiger partial charge in [-0.3, -0.25) is 0 Å². The number of piperidine rings is 1. The van der Waals surface area contributed by atoms with Gasteiger partial charge in [-0.15, -0.1) is 5.06 Å². The van der Waals surface area contributed by atoms with Crippen molar-refractivity contribution in [2.24, 2.45) is 5.92 Å². The van der Waals surface area contributed by atoms with Gasteiger partial charge in [-0.25, -0.2) is 9.59 Å². The fourth-order valence-corrected chi connectivity index (χ4v) is 3.96. The van der Waals surface area contributed by atoms with Gasteiger partial charge in [0.2, 0.25) is 0 Å². The second-order valence-corrected chi connectivity index (χ2v) is 9.24. The molecule has 7 heteroatoms. The number of carbonyl (C=O) groups excluding carboxylic acids is 2. The average molecular weight is 418 g/mol. The van der Waals surface area contributed by atoms with E-state index in [9.17, 15) is 9.59 Å². The van der Waals surface area contributed by atoms with Gasteiger partial charge in [-0.05, 0) is 64.6 Å². The lowest BCUT2D eigenvalue weighted by Crippen LogP contribution is -2.41. The lowest BCUT2D eigenvalue weighted by atomic mass is 9.97. The molecule has 0 saturated carbocycles.